The molecule has 0 bridgehead atoms. The molecule has 1 aliphatic heterocycles. The van der Waals surface area contributed by atoms with Crippen molar-refractivity contribution < 1.29 is 18.7 Å². The minimum atomic E-state index is -1.81. The van der Waals surface area contributed by atoms with Crippen molar-refractivity contribution in [2.24, 2.45) is 10.7 Å². The van der Waals surface area contributed by atoms with Crippen molar-refractivity contribution in [2.45, 2.75) is 18.6 Å². The number of ether oxygens (including phenoxy) is 2. The Morgan fingerprint density at radius 2 is 2.38 bits per heavy atom. The SMILES string of the molecule is COC(=O)C(F)CN=C(N)NC1CCOc2ccccc21. The maximum Gasteiger partial charge on any atom is 0.342 e. The van der Waals surface area contributed by atoms with Gasteiger partial charge in [0, 0.05) is 12.0 Å². The van der Waals surface area contributed by atoms with E-state index in [4.69, 9.17) is 10.5 Å². The summed E-state index contributed by atoms with van der Waals surface area (Å²) >= 11 is 0. The van der Waals surface area contributed by atoms with Crippen LogP contribution in [0.5, 0.6) is 5.75 Å². The average Bonchev–Trinajstić information content (AvgIpc) is 2.52. The van der Waals surface area contributed by atoms with Gasteiger partial charge in [0.1, 0.15) is 5.75 Å². The topological polar surface area (TPSA) is 85.9 Å². The van der Waals surface area contributed by atoms with E-state index in [1.165, 1.54) is 0 Å². The summed E-state index contributed by atoms with van der Waals surface area (Å²) < 4.78 is 23.1. The van der Waals surface area contributed by atoms with E-state index in [9.17, 15) is 9.18 Å². The highest BCUT2D eigenvalue weighted by molar-refractivity contribution is 5.79. The number of para-hydroxylation sites is 1. The molecule has 7 heteroatoms. The second kappa shape index (κ2) is 6.92. The normalized spacial score (nSPS) is 19.1. The molecular formula is C14H18FN3O3. The maximum atomic E-state index is 13.3. The fourth-order valence-corrected chi connectivity index (χ4v) is 2.10. The van der Waals surface area contributed by atoms with E-state index in [0.717, 1.165) is 24.8 Å². The molecule has 1 aromatic rings. The average molecular weight is 295 g/mol. The number of guanidine groups is 1. The number of nitrogens with zero attached hydrogens (tertiary/aromatic N) is 1. The predicted octanol–water partition coefficient (Wildman–Crippen LogP) is 0.926. The van der Waals surface area contributed by atoms with E-state index in [1.54, 1.807) is 0 Å². The third-order valence-electron chi connectivity index (χ3n) is 3.16. The number of halogens is 1. The van der Waals surface area contributed by atoms with E-state index >= 15 is 0 Å². The summed E-state index contributed by atoms with van der Waals surface area (Å²) in [6.07, 6.45) is -1.08. The molecule has 3 N–H and O–H groups in total. The van der Waals surface area contributed by atoms with Crippen molar-refractivity contribution in [3.63, 3.8) is 0 Å². The van der Waals surface area contributed by atoms with Crippen molar-refractivity contribution in [2.75, 3.05) is 20.3 Å². The quantitative estimate of drug-likeness (QED) is 0.490. The number of hydrogen-bond donors (Lipinski definition) is 2. The molecule has 0 aromatic heterocycles. The number of aliphatic imine (C=N–C) groups is 1. The van der Waals surface area contributed by atoms with E-state index in [0.29, 0.717) is 6.61 Å². The highest BCUT2D eigenvalue weighted by Gasteiger charge is 2.22. The van der Waals surface area contributed by atoms with Gasteiger partial charge >= 0.3 is 5.97 Å². The molecule has 1 aromatic carbocycles. The zero-order valence-corrected chi connectivity index (χ0v) is 11.7. The number of hydrogen-bond acceptors (Lipinski definition) is 4. The molecule has 1 heterocycles. The minimum Gasteiger partial charge on any atom is -0.493 e. The molecule has 1 aliphatic rings. The van der Waals surface area contributed by atoms with Crippen LogP contribution >= 0.6 is 0 Å². The second-order valence-electron chi connectivity index (χ2n) is 4.59. The minimum absolute atomic E-state index is 0.0464. The van der Waals surface area contributed by atoms with Gasteiger partial charge in [0.15, 0.2) is 5.96 Å². The molecule has 0 amide bonds. The molecule has 114 valence electrons. The third kappa shape index (κ3) is 3.84. The number of fused-ring (bicyclic) bond motifs is 1. The molecule has 2 rings (SSSR count). The highest BCUT2D eigenvalue weighted by atomic mass is 19.1. The molecule has 0 radical (unpaired) electrons. The van der Waals surface area contributed by atoms with Crippen LogP contribution in [-0.2, 0) is 9.53 Å². The summed E-state index contributed by atoms with van der Waals surface area (Å²) in [4.78, 5) is 14.8. The molecule has 0 spiro atoms. The van der Waals surface area contributed by atoms with Crippen molar-refractivity contribution in [1.29, 1.82) is 0 Å². The molecule has 21 heavy (non-hydrogen) atoms. The van der Waals surface area contributed by atoms with Crippen LogP contribution in [0.3, 0.4) is 0 Å². The number of carbonyl (C=O) groups excluding carboxylic acids is 1. The monoisotopic (exact) mass is 295 g/mol. The lowest BCUT2D eigenvalue weighted by atomic mass is 10.0. The van der Waals surface area contributed by atoms with Crippen LogP contribution in [0.2, 0.25) is 0 Å². The molecule has 0 saturated carbocycles. The van der Waals surface area contributed by atoms with Crippen LogP contribution in [0.4, 0.5) is 4.39 Å². The lowest BCUT2D eigenvalue weighted by molar-refractivity contribution is -0.146. The van der Waals surface area contributed by atoms with Crippen LogP contribution < -0.4 is 15.8 Å². The Hall–Kier alpha value is -2.31. The first-order valence-electron chi connectivity index (χ1n) is 6.62. The number of nitrogens with one attached hydrogen (secondary N) is 1. The summed E-state index contributed by atoms with van der Waals surface area (Å²) in [5.74, 6) is -0.0711. The first-order valence-corrected chi connectivity index (χ1v) is 6.62. The van der Waals surface area contributed by atoms with Gasteiger partial charge in [0.05, 0.1) is 26.3 Å². The summed E-state index contributed by atoms with van der Waals surface area (Å²) in [7, 11) is 1.12. The first kappa shape index (κ1) is 15.1. The largest absolute Gasteiger partial charge is 0.493 e. The molecular weight excluding hydrogens is 277 g/mol. The molecule has 0 saturated heterocycles. The molecule has 6 nitrogen and oxygen atoms in total. The Balaban J connectivity index is 1.97. The van der Waals surface area contributed by atoms with Crippen LogP contribution in [0.1, 0.15) is 18.0 Å². The van der Waals surface area contributed by atoms with Crippen molar-refractivity contribution >= 4 is 11.9 Å². The number of nitrogens with two attached hydrogens (primary N) is 1. The van der Waals surface area contributed by atoms with E-state index in [2.05, 4.69) is 15.0 Å². The Bertz CT molecular complexity index is 536. The Kier molecular flexibility index (Phi) is 4.97. The van der Waals surface area contributed by atoms with Gasteiger partial charge < -0.3 is 20.5 Å². The van der Waals surface area contributed by atoms with Gasteiger partial charge in [-0.05, 0) is 6.07 Å². The van der Waals surface area contributed by atoms with Crippen molar-refractivity contribution in [3.8, 4) is 5.75 Å². The molecule has 0 aliphatic carbocycles. The van der Waals surface area contributed by atoms with Gasteiger partial charge in [-0.2, -0.15) is 0 Å². The van der Waals surface area contributed by atoms with Crippen LogP contribution in [0.25, 0.3) is 0 Å². The predicted molar refractivity (Wildman–Crippen MR) is 75.8 cm³/mol. The van der Waals surface area contributed by atoms with Gasteiger partial charge in [0.25, 0.3) is 0 Å². The zero-order chi connectivity index (χ0) is 15.2. The number of benzene rings is 1. The Morgan fingerprint density at radius 3 is 3.14 bits per heavy atom. The van der Waals surface area contributed by atoms with E-state index < -0.39 is 12.1 Å². The third-order valence-corrected chi connectivity index (χ3v) is 3.16. The van der Waals surface area contributed by atoms with Crippen LogP contribution in [0, 0.1) is 0 Å². The number of carbonyl (C=O) groups is 1. The summed E-state index contributed by atoms with van der Waals surface area (Å²) in [6.45, 7) is 0.201. The van der Waals surface area contributed by atoms with Gasteiger partial charge in [-0.1, -0.05) is 18.2 Å². The first-order chi connectivity index (χ1) is 10.1. The van der Waals surface area contributed by atoms with Gasteiger partial charge in [-0.15, -0.1) is 0 Å². The molecule has 2 unspecified atom stereocenters. The number of rotatable bonds is 4. The number of alkyl halides is 1. The highest BCUT2D eigenvalue weighted by Crippen LogP contribution is 2.31. The fraction of sp³-hybridized carbons (Fsp3) is 0.429. The van der Waals surface area contributed by atoms with Gasteiger partial charge in [-0.3, -0.25) is 0 Å². The number of esters is 1. The van der Waals surface area contributed by atoms with Crippen molar-refractivity contribution in [3.05, 3.63) is 29.8 Å². The summed E-state index contributed by atoms with van der Waals surface area (Å²) in [5.41, 5.74) is 6.71. The second-order valence-corrected chi connectivity index (χ2v) is 4.59. The molecule has 0 fully saturated rings. The number of methoxy groups -OCH3 is 1. The van der Waals surface area contributed by atoms with Gasteiger partial charge in [0.2, 0.25) is 6.17 Å². The maximum absolute atomic E-state index is 13.3. The lowest BCUT2D eigenvalue weighted by Gasteiger charge is -2.26. The molecule has 2 atom stereocenters. The van der Waals surface area contributed by atoms with Gasteiger partial charge in [-0.25, -0.2) is 14.2 Å². The zero-order valence-electron chi connectivity index (χ0n) is 11.7. The summed E-state index contributed by atoms with van der Waals surface area (Å²) in [5, 5.41) is 3.02. The summed E-state index contributed by atoms with van der Waals surface area (Å²) in [6, 6.07) is 7.57. The smallest absolute Gasteiger partial charge is 0.342 e. The standard InChI is InChI=1S/C14H18FN3O3/c1-20-13(19)10(15)8-17-14(16)18-11-6-7-21-12-5-3-2-4-9(11)12/h2-5,10-11H,6-8H2,1H3,(H3,16,17,18). The Labute approximate surface area is 122 Å². The van der Waals surface area contributed by atoms with Crippen molar-refractivity contribution in [1.82, 2.24) is 5.32 Å². The van der Waals surface area contributed by atoms with E-state index in [-0.39, 0.29) is 18.5 Å². The van der Waals surface area contributed by atoms with Crippen LogP contribution in [-0.4, -0.2) is 38.4 Å². The lowest BCUT2D eigenvalue weighted by Crippen LogP contribution is -2.38. The van der Waals surface area contributed by atoms with Crippen LogP contribution in [0.15, 0.2) is 29.3 Å². The Morgan fingerprint density at radius 1 is 1.62 bits per heavy atom. The fourth-order valence-electron chi connectivity index (χ4n) is 2.10. The van der Waals surface area contributed by atoms with E-state index in [1.807, 2.05) is 24.3 Å².